The highest BCUT2D eigenvalue weighted by atomic mass is 16.6. The molecule has 0 aliphatic heterocycles. The highest BCUT2D eigenvalue weighted by molar-refractivity contribution is 5.85. The number of benzene rings is 3. The van der Waals surface area contributed by atoms with Gasteiger partial charge in [0, 0.05) is 35.6 Å². The average molecular weight is 524 g/mol. The summed E-state index contributed by atoms with van der Waals surface area (Å²) in [5, 5.41) is 10.4. The number of nitrogens with zero attached hydrogens (tertiary/aromatic N) is 3. The van der Waals surface area contributed by atoms with E-state index in [2.05, 4.69) is 4.57 Å². The van der Waals surface area contributed by atoms with Gasteiger partial charge in [0.1, 0.15) is 18.1 Å². The summed E-state index contributed by atoms with van der Waals surface area (Å²) in [7, 11) is 0. The van der Waals surface area contributed by atoms with Gasteiger partial charge in [0.25, 0.3) is 0 Å². The van der Waals surface area contributed by atoms with Crippen molar-refractivity contribution in [1.29, 1.82) is 0 Å². The van der Waals surface area contributed by atoms with Crippen LogP contribution >= 0.6 is 0 Å². The molecule has 3 aromatic carbocycles. The van der Waals surface area contributed by atoms with Crippen LogP contribution in [0.25, 0.3) is 22.4 Å². The van der Waals surface area contributed by atoms with E-state index in [1.807, 2.05) is 86.8 Å². The summed E-state index contributed by atoms with van der Waals surface area (Å²) in [6.45, 7) is 4.17. The van der Waals surface area contributed by atoms with Crippen molar-refractivity contribution in [3.05, 3.63) is 108 Å². The first-order valence-corrected chi connectivity index (χ1v) is 12.7. The highest BCUT2D eigenvalue weighted by Gasteiger charge is 2.21. The number of ether oxygens (including phenoxy) is 1. The number of rotatable bonds is 9. The molecule has 1 amide bonds. The summed E-state index contributed by atoms with van der Waals surface area (Å²) in [5.41, 5.74) is 4.69. The van der Waals surface area contributed by atoms with E-state index >= 15 is 0 Å². The van der Waals surface area contributed by atoms with Gasteiger partial charge >= 0.3 is 12.1 Å². The first kappa shape index (κ1) is 25.8. The van der Waals surface area contributed by atoms with E-state index < -0.39 is 18.6 Å². The minimum Gasteiger partial charge on any atom is -0.480 e. The smallest absolute Gasteiger partial charge is 0.416 e. The van der Waals surface area contributed by atoms with Crippen LogP contribution in [0.5, 0.6) is 5.75 Å². The zero-order valence-electron chi connectivity index (χ0n) is 21.8. The third kappa shape index (κ3) is 6.01. The molecule has 0 atom stereocenters. The average Bonchev–Trinajstić information content (AvgIpc) is 3.52. The molecule has 0 spiro atoms. The van der Waals surface area contributed by atoms with Crippen LogP contribution in [-0.4, -0.2) is 38.2 Å². The van der Waals surface area contributed by atoms with Crippen molar-refractivity contribution in [1.82, 2.24) is 14.5 Å². The van der Waals surface area contributed by atoms with E-state index in [1.165, 1.54) is 4.90 Å². The normalized spacial score (nSPS) is 11.0. The Labute approximate surface area is 226 Å². The molecule has 0 fully saturated rings. The lowest BCUT2D eigenvalue weighted by Gasteiger charge is -2.21. The molecule has 39 heavy (non-hydrogen) atoms. The van der Waals surface area contributed by atoms with Crippen LogP contribution in [0.3, 0.4) is 0 Å². The Bertz CT molecular complexity index is 1600. The SMILES string of the molecule is Cc1ccc(OC(=O)N(CC(=O)O)Cc2cccc3c2ccn3CCc2nc(-c3ccccc3)oc2C)cc1. The Morgan fingerprint density at radius 1 is 0.974 bits per heavy atom. The second-order valence-corrected chi connectivity index (χ2v) is 9.43. The minimum absolute atomic E-state index is 0.0984. The number of aliphatic carboxylic acids is 1. The molecule has 8 heteroatoms. The lowest BCUT2D eigenvalue weighted by Crippen LogP contribution is -2.37. The van der Waals surface area contributed by atoms with Gasteiger partial charge in [-0.2, -0.15) is 0 Å². The molecular formula is C31H29N3O5. The van der Waals surface area contributed by atoms with Crippen molar-refractivity contribution in [2.24, 2.45) is 0 Å². The van der Waals surface area contributed by atoms with Crippen LogP contribution < -0.4 is 4.74 Å². The Balaban J connectivity index is 1.32. The van der Waals surface area contributed by atoms with Crippen molar-refractivity contribution >= 4 is 23.0 Å². The number of aromatic nitrogens is 2. The van der Waals surface area contributed by atoms with Gasteiger partial charge in [-0.1, -0.05) is 48.0 Å². The molecule has 1 N–H and O–H groups in total. The maximum atomic E-state index is 12.9. The molecule has 0 aliphatic carbocycles. The maximum Gasteiger partial charge on any atom is 0.416 e. The lowest BCUT2D eigenvalue weighted by atomic mass is 10.1. The Kier molecular flexibility index (Phi) is 7.45. The number of carbonyl (C=O) groups excluding carboxylic acids is 1. The minimum atomic E-state index is -1.11. The van der Waals surface area contributed by atoms with E-state index in [1.54, 1.807) is 12.1 Å². The van der Waals surface area contributed by atoms with Gasteiger partial charge in [0.2, 0.25) is 5.89 Å². The van der Waals surface area contributed by atoms with Crippen LogP contribution in [0.2, 0.25) is 0 Å². The van der Waals surface area contributed by atoms with Crippen LogP contribution in [0.1, 0.15) is 22.6 Å². The number of carbonyl (C=O) groups is 2. The zero-order valence-corrected chi connectivity index (χ0v) is 21.8. The molecule has 0 unspecified atom stereocenters. The van der Waals surface area contributed by atoms with E-state index in [-0.39, 0.29) is 6.54 Å². The first-order valence-electron chi connectivity index (χ1n) is 12.7. The maximum absolute atomic E-state index is 12.9. The third-order valence-electron chi connectivity index (χ3n) is 6.58. The summed E-state index contributed by atoms with van der Waals surface area (Å²) in [6, 6.07) is 24.7. The van der Waals surface area contributed by atoms with E-state index in [0.717, 1.165) is 39.0 Å². The number of aryl methyl sites for hydroxylation is 4. The van der Waals surface area contributed by atoms with E-state index in [9.17, 15) is 14.7 Å². The summed E-state index contributed by atoms with van der Waals surface area (Å²) < 4.78 is 13.5. The first-order chi connectivity index (χ1) is 18.9. The Morgan fingerprint density at radius 3 is 2.49 bits per heavy atom. The highest BCUT2D eigenvalue weighted by Crippen LogP contribution is 2.25. The molecule has 5 rings (SSSR count). The van der Waals surface area contributed by atoms with Crippen molar-refractivity contribution in [2.45, 2.75) is 33.4 Å². The van der Waals surface area contributed by atoms with Gasteiger partial charge < -0.3 is 18.8 Å². The van der Waals surface area contributed by atoms with Crippen LogP contribution in [0.15, 0.2) is 89.5 Å². The van der Waals surface area contributed by atoms with Crippen molar-refractivity contribution in [3.63, 3.8) is 0 Å². The molecule has 0 saturated heterocycles. The van der Waals surface area contributed by atoms with Crippen LogP contribution in [0.4, 0.5) is 4.79 Å². The Morgan fingerprint density at radius 2 is 1.74 bits per heavy atom. The molecule has 198 valence electrons. The summed E-state index contributed by atoms with van der Waals surface area (Å²) >= 11 is 0. The predicted molar refractivity (Wildman–Crippen MR) is 148 cm³/mol. The predicted octanol–water partition coefficient (Wildman–Crippen LogP) is 6.24. The monoisotopic (exact) mass is 523 g/mol. The molecule has 0 bridgehead atoms. The topological polar surface area (TPSA) is 97.8 Å². The lowest BCUT2D eigenvalue weighted by molar-refractivity contribution is -0.138. The molecule has 0 saturated carbocycles. The second kappa shape index (κ2) is 11.3. The van der Waals surface area contributed by atoms with Gasteiger partial charge in [0.05, 0.1) is 12.2 Å². The summed E-state index contributed by atoms with van der Waals surface area (Å²) in [5.74, 6) is 0.656. The fourth-order valence-corrected chi connectivity index (χ4v) is 4.54. The van der Waals surface area contributed by atoms with Crippen molar-refractivity contribution < 1.29 is 23.8 Å². The van der Waals surface area contributed by atoms with Gasteiger partial charge in [-0.25, -0.2) is 9.78 Å². The Hall–Kier alpha value is -4.85. The van der Waals surface area contributed by atoms with E-state index in [0.29, 0.717) is 24.6 Å². The number of carboxylic acid groups (broad SMARTS) is 1. The number of carboxylic acids is 1. The number of hydrogen-bond acceptors (Lipinski definition) is 5. The van der Waals surface area contributed by atoms with Crippen molar-refractivity contribution in [3.8, 4) is 17.2 Å². The number of hydrogen-bond donors (Lipinski definition) is 1. The van der Waals surface area contributed by atoms with Crippen LogP contribution in [0, 0.1) is 13.8 Å². The van der Waals surface area contributed by atoms with Gasteiger partial charge in [-0.05, 0) is 55.8 Å². The summed E-state index contributed by atoms with van der Waals surface area (Å²) in [6.07, 6.45) is 1.96. The number of oxazole rings is 1. The number of amides is 1. The fourth-order valence-electron chi connectivity index (χ4n) is 4.54. The molecule has 8 nitrogen and oxygen atoms in total. The molecular weight excluding hydrogens is 494 g/mol. The van der Waals surface area contributed by atoms with Gasteiger partial charge in [-0.15, -0.1) is 0 Å². The van der Waals surface area contributed by atoms with E-state index in [4.69, 9.17) is 14.1 Å². The zero-order chi connectivity index (χ0) is 27.4. The van der Waals surface area contributed by atoms with Gasteiger partial charge in [0.15, 0.2) is 0 Å². The second-order valence-electron chi connectivity index (χ2n) is 9.43. The number of fused-ring (bicyclic) bond motifs is 1. The van der Waals surface area contributed by atoms with Crippen molar-refractivity contribution in [2.75, 3.05) is 6.54 Å². The van der Waals surface area contributed by atoms with Gasteiger partial charge in [-0.3, -0.25) is 9.69 Å². The largest absolute Gasteiger partial charge is 0.480 e. The molecule has 0 radical (unpaired) electrons. The standard InChI is InChI=1S/C31H29N3O5/c1-21-11-13-25(14-12-21)39-31(37)34(20-29(35)36)19-24-9-6-10-28-26(24)15-17-33(28)18-16-27-22(2)38-30(32-27)23-7-4-3-5-8-23/h3-15,17H,16,18-20H2,1-2H3,(H,35,36). The quantitative estimate of drug-likeness (QED) is 0.246. The summed E-state index contributed by atoms with van der Waals surface area (Å²) in [4.78, 5) is 30.3. The molecule has 0 aliphatic rings. The molecule has 2 aromatic heterocycles. The molecule has 2 heterocycles. The van der Waals surface area contributed by atoms with Crippen LogP contribution in [-0.2, 0) is 24.3 Å². The third-order valence-corrected chi connectivity index (χ3v) is 6.58. The fraction of sp³-hybridized carbons (Fsp3) is 0.194. The molecule has 5 aromatic rings.